The second-order valence-corrected chi connectivity index (χ2v) is 5.19. The largest absolute Gasteiger partial charge is 0.366 e. The quantitative estimate of drug-likeness (QED) is 0.425. The van der Waals surface area contributed by atoms with Crippen LogP contribution in [0.3, 0.4) is 0 Å². The Kier molecular flexibility index (Phi) is 2.71. The number of aromatic nitrogens is 4. The molecule has 0 saturated heterocycles. The SMILES string of the molecule is NNc1nc(NC2Cc3ccccc3C2)c2cn[nH]c2n1. The number of nitrogens with one attached hydrogen (secondary N) is 3. The molecular formula is C14H15N7. The number of hydrogen-bond donors (Lipinski definition) is 4. The van der Waals surface area contributed by atoms with Crippen molar-refractivity contribution < 1.29 is 0 Å². The maximum Gasteiger partial charge on any atom is 0.241 e. The summed E-state index contributed by atoms with van der Waals surface area (Å²) in [6.45, 7) is 0. The van der Waals surface area contributed by atoms with Crippen molar-refractivity contribution in [2.45, 2.75) is 18.9 Å². The van der Waals surface area contributed by atoms with E-state index in [0.29, 0.717) is 17.6 Å². The van der Waals surface area contributed by atoms with E-state index in [1.54, 1.807) is 6.20 Å². The molecule has 0 radical (unpaired) electrons. The molecule has 5 N–H and O–H groups in total. The summed E-state index contributed by atoms with van der Waals surface area (Å²) in [7, 11) is 0. The average molecular weight is 281 g/mol. The number of hydrazine groups is 1. The number of fused-ring (bicyclic) bond motifs is 2. The van der Waals surface area contributed by atoms with Gasteiger partial charge in [0.1, 0.15) is 5.82 Å². The molecule has 4 rings (SSSR count). The van der Waals surface area contributed by atoms with Gasteiger partial charge in [0.25, 0.3) is 0 Å². The number of benzene rings is 1. The minimum absolute atomic E-state index is 0.320. The maximum absolute atomic E-state index is 5.42. The third kappa shape index (κ3) is 2.07. The summed E-state index contributed by atoms with van der Waals surface area (Å²) in [5.74, 6) is 6.53. The van der Waals surface area contributed by atoms with Crippen LogP contribution in [0.15, 0.2) is 30.5 Å². The molecule has 3 aromatic rings. The minimum atomic E-state index is 0.320. The molecule has 1 aliphatic rings. The number of anilines is 2. The van der Waals surface area contributed by atoms with E-state index in [2.05, 4.69) is 55.2 Å². The predicted octanol–water partition coefficient (Wildman–Crippen LogP) is 1.22. The van der Waals surface area contributed by atoms with Crippen molar-refractivity contribution in [3.8, 4) is 0 Å². The van der Waals surface area contributed by atoms with Gasteiger partial charge in [0.2, 0.25) is 5.95 Å². The molecule has 7 heteroatoms. The predicted molar refractivity (Wildman–Crippen MR) is 80.8 cm³/mol. The van der Waals surface area contributed by atoms with Crippen LogP contribution >= 0.6 is 0 Å². The maximum atomic E-state index is 5.42. The summed E-state index contributed by atoms with van der Waals surface area (Å²) < 4.78 is 0. The smallest absolute Gasteiger partial charge is 0.241 e. The number of nitrogens with two attached hydrogens (primary N) is 1. The molecule has 7 nitrogen and oxygen atoms in total. The summed E-state index contributed by atoms with van der Waals surface area (Å²) in [5, 5.41) is 11.2. The van der Waals surface area contributed by atoms with Crippen molar-refractivity contribution in [3.63, 3.8) is 0 Å². The molecule has 2 heterocycles. The molecule has 0 aliphatic heterocycles. The lowest BCUT2D eigenvalue weighted by molar-refractivity contribution is 0.770. The summed E-state index contributed by atoms with van der Waals surface area (Å²) in [4.78, 5) is 8.62. The van der Waals surface area contributed by atoms with Crippen LogP contribution < -0.4 is 16.6 Å². The topological polar surface area (TPSA) is 105 Å². The number of nitrogen functional groups attached to an aromatic ring is 1. The van der Waals surface area contributed by atoms with Gasteiger partial charge < -0.3 is 5.32 Å². The number of aromatic amines is 1. The molecule has 2 aromatic heterocycles. The Morgan fingerprint density at radius 2 is 1.90 bits per heavy atom. The second-order valence-electron chi connectivity index (χ2n) is 5.19. The van der Waals surface area contributed by atoms with E-state index in [-0.39, 0.29) is 0 Å². The molecule has 0 bridgehead atoms. The van der Waals surface area contributed by atoms with E-state index in [1.165, 1.54) is 11.1 Å². The highest BCUT2D eigenvalue weighted by molar-refractivity contribution is 5.87. The normalized spacial score (nSPS) is 14.3. The van der Waals surface area contributed by atoms with E-state index < -0.39 is 0 Å². The molecule has 1 aromatic carbocycles. The Bertz CT molecular complexity index is 770. The minimum Gasteiger partial charge on any atom is -0.366 e. The highest BCUT2D eigenvalue weighted by atomic mass is 15.3. The fourth-order valence-corrected chi connectivity index (χ4v) is 2.86. The molecule has 0 spiro atoms. The van der Waals surface area contributed by atoms with Crippen molar-refractivity contribution >= 4 is 22.8 Å². The fraction of sp³-hybridized carbons (Fsp3) is 0.214. The van der Waals surface area contributed by atoms with Gasteiger partial charge in [0.05, 0.1) is 11.6 Å². The Morgan fingerprint density at radius 3 is 2.62 bits per heavy atom. The fourth-order valence-electron chi connectivity index (χ4n) is 2.86. The van der Waals surface area contributed by atoms with E-state index in [0.717, 1.165) is 24.0 Å². The molecule has 1 aliphatic carbocycles. The first-order valence-electron chi connectivity index (χ1n) is 6.84. The summed E-state index contributed by atoms with van der Waals surface area (Å²) >= 11 is 0. The van der Waals surface area contributed by atoms with Crippen molar-refractivity contribution in [2.75, 3.05) is 10.7 Å². The van der Waals surface area contributed by atoms with Crippen LogP contribution in [0.2, 0.25) is 0 Å². The van der Waals surface area contributed by atoms with Crippen LogP contribution in [0.1, 0.15) is 11.1 Å². The van der Waals surface area contributed by atoms with Crippen LogP contribution in [0.4, 0.5) is 11.8 Å². The zero-order valence-electron chi connectivity index (χ0n) is 11.3. The van der Waals surface area contributed by atoms with Crippen LogP contribution in [0.5, 0.6) is 0 Å². The Hall–Kier alpha value is -2.67. The Balaban J connectivity index is 1.65. The average Bonchev–Trinajstić information content (AvgIpc) is 3.12. The van der Waals surface area contributed by atoms with E-state index >= 15 is 0 Å². The molecule has 0 amide bonds. The van der Waals surface area contributed by atoms with Crippen molar-refractivity contribution in [1.29, 1.82) is 0 Å². The third-order valence-electron chi connectivity index (χ3n) is 3.83. The molecule has 0 saturated carbocycles. The van der Waals surface area contributed by atoms with Gasteiger partial charge in [-0.3, -0.25) is 10.5 Å². The van der Waals surface area contributed by atoms with Crippen molar-refractivity contribution in [3.05, 3.63) is 41.6 Å². The van der Waals surface area contributed by atoms with Crippen LogP contribution in [0.25, 0.3) is 11.0 Å². The van der Waals surface area contributed by atoms with Gasteiger partial charge in [-0.1, -0.05) is 24.3 Å². The molecule has 0 atom stereocenters. The van der Waals surface area contributed by atoms with Gasteiger partial charge in [-0.2, -0.15) is 15.1 Å². The van der Waals surface area contributed by atoms with E-state index in [4.69, 9.17) is 5.84 Å². The van der Waals surface area contributed by atoms with Gasteiger partial charge >= 0.3 is 0 Å². The first kappa shape index (κ1) is 12.1. The van der Waals surface area contributed by atoms with E-state index in [1.807, 2.05) is 0 Å². The lowest BCUT2D eigenvalue weighted by atomic mass is 10.1. The summed E-state index contributed by atoms with van der Waals surface area (Å²) in [6.07, 6.45) is 3.70. The van der Waals surface area contributed by atoms with Gasteiger partial charge in [0, 0.05) is 6.04 Å². The second kappa shape index (κ2) is 4.71. The third-order valence-corrected chi connectivity index (χ3v) is 3.83. The first-order chi connectivity index (χ1) is 10.3. The zero-order chi connectivity index (χ0) is 14.2. The molecule has 0 fully saturated rings. The highest BCUT2D eigenvalue weighted by Gasteiger charge is 2.22. The van der Waals surface area contributed by atoms with Crippen molar-refractivity contribution in [1.82, 2.24) is 20.2 Å². The number of nitrogens with zero attached hydrogens (tertiary/aromatic N) is 3. The van der Waals surface area contributed by atoms with Crippen molar-refractivity contribution in [2.24, 2.45) is 5.84 Å². The zero-order valence-corrected chi connectivity index (χ0v) is 11.3. The monoisotopic (exact) mass is 281 g/mol. The highest BCUT2D eigenvalue weighted by Crippen LogP contribution is 2.26. The molecule has 21 heavy (non-hydrogen) atoms. The summed E-state index contributed by atoms with van der Waals surface area (Å²) in [6, 6.07) is 8.84. The Labute approximate surface area is 121 Å². The number of hydrogen-bond acceptors (Lipinski definition) is 6. The molecular weight excluding hydrogens is 266 g/mol. The van der Waals surface area contributed by atoms with Gasteiger partial charge in [-0.15, -0.1) is 0 Å². The standard InChI is InChI=1S/C14H15N7/c15-20-14-18-12(11-7-16-21-13(11)19-14)17-10-5-8-3-1-2-4-9(8)6-10/h1-4,7,10H,5-6,15H2,(H3,16,17,18,19,20,21). The van der Waals surface area contributed by atoms with Crippen LogP contribution in [-0.2, 0) is 12.8 Å². The van der Waals surface area contributed by atoms with Gasteiger partial charge in [0.15, 0.2) is 5.65 Å². The van der Waals surface area contributed by atoms with Crippen LogP contribution in [-0.4, -0.2) is 26.2 Å². The van der Waals surface area contributed by atoms with Gasteiger partial charge in [-0.25, -0.2) is 5.84 Å². The van der Waals surface area contributed by atoms with Crippen LogP contribution in [0, 0.1) is 0 Å². The molecule has 0 unspecified atom stereocenters. The first-order valence-corrected chi connectivity index (χ1v) is 6.84. The Morgan fingerprint density at radius 1 is 1.14 bits per heavy atom. The summed E-state index contributed by atoms with van der Waals surface area (Å²) in [5.41, 5.74) is 5.93. The van der Waals surface area contributed by atoms with Gasteiger partial charge in [-0.05, 0) is 24.0 Å². The lowest BCUT2D eigenvalue weighted by Gasteiger charge is -2.14. The lowest BCUT2D eigenvalue weighted by Crippen LogP contribution is -2.21. The van der Waals surface area contributed by atoms with E-state index in [9.17, 15) is 0 Å². The molecule has 106 valence electrons. The number of H-pyrrole nitrogens is 1. The number of rotatable bonds is 3.